The Morgan fingerprint density at radius 1 is 1.25 bits per heavy atom. The molecule has 0 radical (unpaired) electrons. The zero-order valence-electron chi connectivity index (χ0n) is 10.2. The molecule has 0 saturated carbocycles. The lowest BCUT2D eigenvalue weighted by molar-refractivity contribution is 0.0857. The first-order valence-corrected chi connectivity index (χ1v) is 6.32. The van der Waals surface area contributed by atoms with Crippen LogP contribution < -0.4 is 5.73 Å². The van der Waals surface area contributed by atoms with Gasteiger partial charge in [-0.3, -0.25) is 4.90 Å². The fourth-order valence-corrected chi connectivity index (χ4v) is 2.55. The van der Waals surface area contributed by atoms with Gasteiger partial charge in [-0.15, -0.1) is 0 Å². The van der Waals surface area contributed by atoms with Crippen LogP contribution in [0.3, 0.4) is 0 Å². The Morgan fingerprint density at radius 3 is 2.56 bits per heavy atom. The van der Waals surface area contributed by atoms with Crippen LogP contribution in [0.4, 0.5) is 0 Å². The van der Waals surface area contributed by atoms with Crippen molar-refractivity contribution in [1.29, 1.82) is 0 Å². The number of rotatable bonds is 5. The molecule has 1 aromatic rings. The molecule has 0 amide bonds. The number of benzene rings is 1. The normalized spacial score (nSPS) is 17.4. The summed E-state index contributed by atoms with van der Waals surface area (Å²) in [6.45, 7) is 6.54. The summed E-state index contributed by atoms with van der Waals surface area (Å²) >= 11 is 0. The minimum absolute atomic E-state index is 0.655. The van der Waals surface area contributed by atoms with Crippen molar-refractivity contribution >= 4 is 0 Å². The molecule has 2 heteroatoms. The van der Waals surface area contributed by atoms with Crippen molar-refractivity contribution in [3.63, 3.8) is 0 Å². The lowest BCUT2D eigenvalue weighted by Crippen LogP contribution is -2.45. The van der Waals surface area contributed by atoms with Crippen molar-refractivity contribution in [1.82, 2.24) is 4.90 Å². The minimum Gasteiger partial charge on any atom is -0.326 e. The van der Waals surface area contributed by atoms with Gasteiger partial charge in [0.05, 0.1) is 0 Å². The summed E-state index contributed by atoms with van der Waals surface area (Å²) in [7, 11) is 0. The van der Waals surface area contributed by atoms with Gasteiger partial charge in [0, 0.05) is 26.2 Å². The van der Waals surface area contributed by atoms with Crippen LogP contribution in [0.1, 0.15) is 30.9 Å². The average Bonchev–Trinajstić information content (AvgIpc) is 2.27. The van der Waals surface area contributed by atoms with Gasteiger partial charge in [-0.2, -0.15) is 0 Å². The van der Waals surface area contributed by atoms with E-state index in [-0.39, 0.29) is 0 Å². The Bertz CT molecular complexity index is 329. The second-order valence-corrected chi connectivity index (χ2v) is 4.82. The largest absolute Gasteiger partial charge is 0.326 e. The molecule has 1 aliphatic heterocycles. The Kier molecular flexibility index (Phi) is 3.97. The van der Waals surface area contributed by atoms with Gasteiger partial charge in [0.1, 0.15) is 0 Å². The summed E-state index contributed by atoms with van der Waals surface area (Å²) in [5.74, 6) is 0.940. The van der Waals surface area contributed by atoms with Crippen LogP contribution in [0, 0.1) is 5.92 Å². The smallest absolute Gasteiger partial charge is 0.0237 e. The SMILES string of the molecule is CCCC1CN(Cc2ccccc2CN)C1. The predicted molar refractivity (Wildman–Crippen MR) is 68.0 cm³/mol. The molecule has 2 rings (SSSR count). The van der Waals surface area contributed by atoms with Crippen LogP contribution in [0.5, 0.6) is 0 Å². The van der Waals surface area contributed by atoms with Crippen molar-refractivity contribution < 1.29 is 0 Å². The predicted octanol–water partition coefficient (Wildman–Crippen LogP) is 2.38. The molecule has 0 atom stereocenters. The quantitative estimate of drug-likeness (QED) is 0.822. The zero-order chi connectivity index (χ0) is 11.4. The maximum atomic E-state index is 5.74. The minimum atomic E-state index is 0.655. The molecule has 1 heterocycles. The number of hydrogen-bond acceptors (Lipinski definition) is 2. The monoisotopic (exact) mass is 218 g/mol. The Labute approximate surface area is 98.4 Å². The summed E-state index contributed by atoms with van der Waals surface area (Å²) in [6, 6.07) is 8.52. The lowest BCUT2D eigenvalue weighted by Gasteiger charge is -2.39. The van der Waals surface area contributed by atoms with E-state index in [9.17, 15) is 0 Å². The van der Waals surface area contributed by atoms with Gasteiger partial charge in [0.25, 0.3) is 0 Å². The van der Waals surface area contributed by atoms with E-state index in [4.69, 9.17) is 5.73 Å². The van der Waals surface area contributed by atoms with Gasteiger partial charge in [-0.1, -0.05) is 37.6 Å². The fourth-order valence-electron chi connectivity index (χ4n) is 2.55. The van der Waals surface area contributed by atoms with E-state index < -0.39 is 0 Å². The van der Waals surface area contributed by atoms with Crippen LogP contribution in [-0.4, -0.2) is 18.0 Å². The summed E-state index contributed by atoms with van der Waals surface area (Å²) in [5, 5.41) is 0. The number of likely N-dealkylation sites (tertiary alicyclic amines) is 1. The van der Waals surface area contributed by atoms with E-state index in [0.717, 1.165) is 12.5 Å². The second-order valence-electron chi connectivity index (χ2n) is 4.82. The number of nitrogens with zero attached hydrogens (tertiary/aromatic N) is 1. The summed E-state index contributed by atoms with van der Waals surface area (Å²) in [5.41, 5.74) is 8.44. The molecule has 0 aliphatic carbocycles. The van der Waals surface area contributed by atoms with E-state index in [0.29, 0.717) is 6.54 Å². The molecule has 0 spiro atoms. The van der Waals surface area contributed by atoms with Crippen LogP contribution in [-0.2, 0) is 13.1 Å². The Balaban J connectivity index is 1.86. The molecule has 88 valence electrons. The van der Waals surface area contributed by atoms with Crippen LogP contribution in [0.2, 0.25) is 0 Å². The number of nitrogens with two attached hydrogens (primary N) is 1. The topological polar surface area (TPSA) is 29.3 Å². The highest BCUT2D eigenvalue weighted by Crippen LogP contribution is 2.23. The first kappa shape index (κ1) is 11.6. The van der Waals surface area contributed by atoms with E-state index in [1.165, 1.54) is 37.1 Å². The van der Waals surface area contributed by atoms with E-state index in [2.05, 4.69) is 36.1 Å². The van der Waals surface area contributed by atoms with Gasteiger partial charge in [0.15, 0.2) is 0 Å². The maximum Gasteiger partial charge on any atom is 0.0237 e. The third kappa shape index (κ3) is 2.63. The highest BCUT2D eigenvalue weighted by Gasteiger charge is 2.25. The van der Waals surface area contributed by atoms with E-state index in [1.807, 2.05) is 0 Å². The molecular formula is C14H22N2. The van der Waals surface area contributed by atoms with Gasteiger partial charge >= 0.3 is 0 Å². The molecule has 1 aliphatic rings. The molecule has 1 aromatic carbocycles. The first-order chi connectivity index (χ1) is 7.83. The Hall–Kier alpha value is -0.860. The lowest BCUT2D eigenvalue weighted by atomic mass is 9.94. The van der Waals surface area contributed by atoms with E-state index >= 15 is 0 Å². The van der Waals surface area contributed by atoms with Crippen molar-refractivity contribution in [2.45, 2.75) is 32.9 Å². The van der Waals surface area contributed by atoms with Crippen LogP contribution in [0.15, 0.2) is 24.3 Å². The second kappa shape index (κ2) is 5.46. The number of hydrogen-bond donors (Lipinski definition) is 1. The fraction of sp³-hybridized carbons (Fsp3) is 0.571. The van der Waals surface area contributed by atoms with Crippen molar-refractivity contribution in [3.8, 4) is 0 Å². The summed E-state index contributed by atoms with van der Waals surface area (Å²) < 4.78 is 0. The van der Waals surface area contributed by atoms with Crippen molar-refractivity contribution in [3.05, 3.63) is 35.4 Å². The molecule has 1 fully saturated rings. The summed E-state index contributed by atoms with van der Waals surface area (Å²) in [4.78, 5) is 2.52. The van der Waals surface area contributed by atoms with Gasteiger partial charge in [-0.05, 0) is 23.5 Å². The molecule has 2 nitrogen and oxygen atoms in total. The highest BCUT2D eigenvalue weighted by molar-refractivity contribution is 5.27. The third-order valence-corrected chi connectivity index (χ3v) is 3.46. The van der Waals surface area contributed by atoms with Crippen LogP contribution >= 0.6 is 0 Å². The van der Waals surface area contributed by atoms with E-state index in [1.54, 1.807) is 0 Å². The van der Waals surface area contributed by atoms with Crippen molar-refractivity contribution in [2.75, 3.05) is 13.1 Å². The molecule has 2 N–H and O–H groups in total. The molecule has 16 heavy (non-hydrogen) atoms. The summed E-state index contributed by atoms with van der Waals surface area (Å²) in [6.07, 6.45) is 2.70. The van der Waals surface area contributed by atoms with Crippen LogP contribution in [0.25, 0.3) is 0 Å². The Morgan fingerprint density at radius 2 is 1.94 bits per heavy atom. The zero-order valence-corrected chi connectivity index (χ0v) is 10.2. The maximum absolute atomic E-state index is 5.74. The molecular weight excluding hydrogens is 196 g/mol. The molecule has 0 unspecified atom stereocenters. The average molecular weight is 218 g/mol. The standard InChI is InChI=1S/C14H22N2/c1-2-5-12-9-16(10-12)11-14-7-4-3-6-13(14)8-15/h3-4,6-7,12H,2,5,8-11,15H2,1H3. The molecule has 0 bridgehead atoms. The molecule has 0 aromatic heterocycles. The third-order valence-electron chi connectivity index (χ3n) is 3.46. The van der Waals surface area contributed by atoms with Crippen molar-refractivity contribution in [2.24, 2.45) is 11.7 Å². The van der Waals surface area contributed by atoms with Gasteiger partial charge < -0.3 is 5.73 Å². The highest BCUT2D eigenvalue weighted by atomic mass is 15.2. The van der Waals surface area contributed by atoms with Gasteiger partial charge in [-0.25, -0.2) is 0 Å². The molecule has 1 saturated heterocycles. The van der Waals surface area contributed by atoms with Gasteiger partial charge in [0.2, 0.25) is 0 Å². The first-order valence-electron chi connectivity index (χ1n) is 6.32.